The standard InChI is InChI=1S/C14H12F3N5O3S/c1-2-26(24,25)10-5-9(18)6-19-12(10)22-13(23)21-7-8(14(15,16)17)3-4-11(21)20-22/h3-7H,2,18H2,1H3. The Kier molecular flexibility index (Phi) is 4.02. The van der Waals surface area contributed by atoms with E-state index in [1.165, 1.54) is 6.92 Å². The zero-order chi connectivity index (χ0) is 19.3. The Morgan fingerprint density at radius 2 is 1.96 bits per heavy atom. The molecular weight excluding hydrogens is 375 g/mol. The molecule has 0 spiro atoms. The van der Waals surface area contributed by atoms with Gasteiger partial charge in [-0.25, -0.2) is 22.6 Å². The fourth-order valence-corrected chi connectivity index (χ4v) is 3.32. The van der Waals surface area contributed by atoms with Gasteiger partial charge in [-0.05, 0) is 18.2 Å². The van der Waals surface area contributed by atoms with Gasteiger partial charge in [-0.1, -0.05) is 6.92 Å². The van der Waals surface area contributed by atoms with E-state index < -0.39 is 27.3 Å². The molecule has 3 aromatic heterocycles. The quantitative estimate of drug-likeness (QED) is 0.724. The first-order valence-corrected chi connectivity index (χ1v) is 8.87. The molecule has 0 saturated heterocycles. The van der Waals surface area contributed by atoms with Gasteiger partial charge in [0, 0.05) is 6.20 Å². The minimum atomic E-state index is -4.65. The van der Waals surface area contributed by atoms with Crippen molar-refractivity contribution in [1.82, 2.24) is 19.2 Å². The Morgan fingerprint density at radius 1 is 1.27 bits per heavy atom. The van der Waals surface area contributed by atoms with Crippen molar-refractivity contribution in [3.05, 3.63) is 46.6 Å². The van der Waals surface area contributed by atoms with Crippen molar-refractivity contribution in [2.75, 3.05) is 11.5 Å². The summed E-state index contributed by atoms with van der Waals surface area (Å²) in [7, 11) is -3.82. The molecule has 3 aromatic rings. The van der Waals surface area contributed by atoms with Crippen molar-refractivity contribution in [1.29, 1.82) is 0 Å². The lowest BCUT2D eigenvalue weighted by atomic mass is 10.3. The maximum absolute atomic E-state index is 12.8. The van der Waals surface area contributed by atoms with E-state index in [1.54, 1.807) is 0 Å². The van der Waals surface area contributed by atoms with Crippen molar-refractivity contribution < 1.29 is 21.6 Å². The summed E-state index contributed by atoms with van der Waals surface area (Å²) in [6, 6.07) is 2.90. The Balaban J connectivity index is 2.31. The van der Waals surface area contributed by atoms with Gasteiger partial charge in [-0.3, -0.25) is 0 Å². The summed E-state index contributed by atoms with van der Waals surface area (Å²) in [4.78, 5) is 16.0. The maximum Gasteiger partial charge on any atom is 0.417 e. The zero-order valence-corrected chi connectivity index (χ0v) is 14.0. The third-order valence-corrected chi connectivity index (χ3v) is 5.34. The third-order valence-electron chi connectivity index (χ3n) is 3.61. The predicted molar refractivity (Wildman–Crippen MR) is 85.7 cm³/mol. The lowest BCUT2D eigenvalue weighted by Crippen LogP contribution is -2.23. The number of fused-ring (bicyclic) bond motifs is 1. The predicted octanol–water partition coefficient (Wildman–Crippen LogP) is 1.27. The number of aromatic nitrogens is 4. The van der Waals surface area contributed by atoms with Crippen LogP contribution in [0.5, 0.6) is 0 Å². The van der Waals surface area contributed by atoms with Gasteiger partial charge in [0.15, 0.2) is 21.3 Å². The van der Waals surface area contributed by atoms with Crippen LogP contribution in [-0.4, -0.2) is 33.3 Å². The van der Waals surface area contributed by atoms with E-state index in [-0.39, 0.29) is 27.8 Å². The monoisotopic (exact) mass is 387 g/mol. The average Bonchev–Trinajstić information content (AvgIpc) is 2.90. The minimum Gasteiger partial charge on any atom is -0.397 e. The molecule has 0 aliphatic rings. The summed E-state index contributed by atoms with van der Waals surface area (Å²) in [6.07, 6.45) is -2.93. The van der Waals surface area contributed by atoms with Crippen LogP contribution < -0.4 is 11.4 Å². The van der Waals surface area contributed by atoms with Crippen molar-refractivity contribution in [3.63, 3.8) is 0 Å². The molecule has 3 rings (SSSR count). The van der Waals surface area contributed by atoms with Crippen LogP contribution in [-0.2, 0) is 16.0 Å². The fourth-order valence-electron chi connectivity index (χ4n) is 2.28. The van der Waals surface area contributed by atoms with Crippen molar-refractivity contribution in [2.45, 2.75) is 18.0 Å². The van der Waals surface area contributed by atoms with Crippen LogP contribution >= 0.6 is 0 Å². The molecule has 8 nitrogen and oxygen atoms in total. The van der Waals surface area contributed by atoms with E-state index in [9.17, 15) is 26.4 Å². The van der Waals surface area contributed by atoms with Gasteiger partial charge in [0.1, 0.15) is 4.90 Å². The van der Waals surface area contributed by atoms with Crippen LogP contribution in [0.15, 0.2) is 40.3 Å². The highest BCUT2D eigenvalue weighted by Crippen LogP contribution is 2.29. The number of sulfone groups is 1. The molecule has 0 radical (unpaired) electrons. The molecule has 138 valence electrons. The highest BCUT2D eigenvalue weighted by molar-refractivity contribution is 7.91. The molecular formula is C14H12F3N5O3S. The Bertz CT molecular complexity index is 1160. The second kappa shape index (κ2) is 5.83. The number of nitrogens with two attached hydrogens (primary N) is 1. The molecule has 0 aliphatic heterocycles. The fraction of sp³-hybridized carbons (Fsp3) is 0.214. The molecule has 3 heterocycles. The van der Waals surface area contributed by atoms with Gasteiger partial charge in [-0.15, -0.1) is 5.10 Å². The summed E-state index contributed by atoms with van der Waals surface area (Å²) in [6.45, 7) is 1.39. The lowest BCUT2D eigenvalue weighted by molar-refractivity contribution is -0.137. The third kappa shape index (κ3) is 2.92. The van der Waals surface area contributed by atoms with Crippen molar-refractivity contribution in [3.8, 4) is 5.82 Å². The molecule has 0 saturated carbocycles. The molecule has 12 heteroatoms. The molecule has 0 unspecified atom stereocenters. The van der Waals surface area contributed by atoms with Crippen molar-refractivity contribution in [2.24, 2.45) is 0 Å². The van der Waals surface area contributed by atoms with E-state index in [1.807, 2.05) is 0 Å². The number of hydrogen-bond acceptors (Lipinski definition) is 6. The number of nitrogen functional groups attached to an aromatic ring is 1. The Hall–Kier alpha value is -2.89. The maximum atomic E-state index is 12.8. The van der Waals surface area contributed by atoms with Gasteiger partial charge in [0.25, 0.3) is 0 Å². The van der Waals surface area contributed by atoms with Gasteiger partial charge >= 0.3 is 11.9 Å². The van der Waals surface area contributed by atoms with E-state index in [0.29, 0.717) is 15.3 Å². The smallest absolute Gasteiger partial charge is 0.397 e. The minimum absolute atomic E-state index is 0.0527. The molecule has 26 heavy (non-hydrogen) atoms. The Morgan fingerprint density at radius 3 is 2.58 bits per heavy atom. The second-order valence-electron chi connectivity index (χ2n) is 5.33. The van der Waals surface area contributed by atoms with Crippen LogP contribution in [0.2, 0.25) is 0 Å². The summed E-state index contributed by atoms with van der Waals surface area (Å²) < 4.78 is 64.4. The molecule has 0 atom stereocenters. The van der Waals surface area contributed by atoms with E-state index in [0.717, 1.165) is 24.4 Å². The summed E-state index contributed by atoms with van der Waals surface area (Å²) in [5, 5.41) is 3.88. The van der Waals surface area contributed by atoms with Gasteiger partial charge < -0.3 is 5.73 Å². The van der Waals surface area contributed by atoms with Gasteiger partial charge in [0.05, 0.1) is 23.2 Å². The number of alkyl halides is 3. The van der Waals surface area contributed by atoms with E-state index in [2.05, 4.69) is 10.1 Å². The zero-order valence-electron chi connectivity index (χ0n) is 13.2. The van der Waals surface area contributed by atoms with Crippen LogP contribution in [0.1, 0.15) is 12.5 Å². The SMILES string of the molecule is CCS(=O)(=O)c1cc(N)cnc1-n1nc2ccc(C(F)(F)F)cn2c1=O. The van der Waals surface area contributed by atoms with Crippen LogP contribution in [0.3, 0.4) is 0 Å². The number of halogens is 3. The van der Waals surface area contributed by atoms with Gasteiger partial charge in [0.2, 0.25) is 0 Å². The average molecular weight is 387 g/mol. The Labute approximate surface area is 144 Å². The summed E-state index contributed by atoms with van der Waals surface area (Å²) >= 11 is 0. The number of hydrogen-bond donors (Lipinski definition) is 1. The first kappa shape index (κ1) is 17.9. The normalized spacial score (nSPS) is 12.6. The van der Waals surface area contributed by atoms with Crippen LogP contribution in [0.4, 0.5) is 18.9 Å². The number of anilines is 1. The topological polar surface area (TPSA) is 112 Å². The first-order valence-electron chi connectivity index (χ1n) is 7.22. The molecule has 2 N–H and O–H groups in total. The number of pyridine rings is 2. The van der Waals surface area contributed by atoms with Gasteiger partial charge in [-0.2, -0.15) is 17.9 Å². The highest BCUT2D eigenvalue weighted by Gasteiger charge is 2.31. The summed E-state index contributed by atoms with van der Waals surface area (Å²) in [5.74, 6) is -0.617. The van der Waals surface area contributed by atoms with Crippen molar-refractivity contribution >= 4 is 21.2 Å². The van der Waals surface area contributed by atoms with E-state index in [4.69, 9.17) is 5.73 Å². The number of rotatable bonds is 3. The number of nitrogens with zero attached hydrogens (tertiary/aromatic N) is 4. The molecule has 0 amide bonds. The first-order chi connectivity index (χ1) is 12.0. The highest BCUT2D eigenvalue weighted by atomic mass is 32.2. The molecule has 0 fully saturated rings. The molecule has 0 bridgehead atoms. The summed E-state index contributed by atoms with van der Waals surface area (Å²) in [5.41, 5.74) is 3.50. The van der Waals surface area contributed by atoms with Crippen LogP contribution in [0, 0.1) is 0 Å². The lowest BCUT2D eigenvalue weighted by Gasteiger charge is -2.08. The molecule has 0 aromatic carbocycles. The van der Waals surface area contributed by atoms with Crippen LogP contribution in [0.25, 0.3) is 11.5 Å². The second-order valence-corrected chi connectivity index (χ2v) is 7.58. The molecule has 0 aliphatic carbocycles. The largest absolute Gasteiger partial charge is 0.417 e. The van der Waals surface area contributed by atoms with E-state index >= 15 is 0 Å².